The Morgan fingerprint density at radius 3 is 2.16 bits per heavy atom. The van der Waals surface area contributed by atoms with Crippen LogP contribution >= 0.6 is 0 Å². The minimum Gasteiger partial charge on any atom is -0.402 e. The quantitative estimate of drug-likeness (QED) is 0.681. The van der Waals surface area contributed by atoms with Gasteiger partial charge in [-0.15, -0.1) is 0 Å². The molecule has 0 aromatic carbocycles. The number of hydrogen-bond donors (Lipinski definition) is 3. The summed E-state index contributed by atoms with van der Waals surface area (Å²) in [5.74, 6) is 0.757. The van der Waals surface area contributed by atoms with Crippen LogP contribution in [0.1, 0.15) is 40.5 Å². The van der Waals surface area contributed by atoms with Crippen molar-refractivity contribution in [1.29, 1.82) is 0 Å². The maximum absolute atomic E-state index is 9.35. The Hall–Kier alpha value is -1.16. The van der Waals surface area contributed by atoms with Crippen molar-refractivity contribution in [1.82, 2.24) is 4.90 Å². The molecule has 5 N–H and O–H groups in total. The van der Waals surface area contributed by atoms with Gasteiger partial charge in [-0.05, 0) is 30.4 Å². The number of nitrogens with two attached hydrogens (primary N) is 2. The molecule has 110 valence electrons. The minimum absolute atomic E-state index is 0.0336. The summed E-state index contributed by atoms with van der Waals surface area (Å²) in [6.45, 7) is 10.4. The fourth-order valence-electron chi connectivity index (χ4n) is 1.99. The highest BCUT2D eigenvalue weighted by Gasteiger charge is 2.29. The summed E-state index contributed by atoms with van der Waals surface area (Å²) in [6, 6.07) is 0. The number of aliphatic hydroxyl groups excluding tert-OH is 1. The van der Waals surface area contributed by atoms with Gasteiger partial charge in [0.1, 0.15) is 0 Å². The predicted octanol–water partition coefficient (Wildman–Crippen LogP) is 1.77. The molecule has 1 fully saturated rings. The van der Waals surface area contributed by atoms with E-state index in [1.54, 1.807) is 0 Å². The number of rotatable bonds is 3. The van der Waals surface area contributed by atoms with Crippen molar-refractivity contribution in [2.45, 2.75) is 40.5 Å². The molecule has 19 heavy (non-hydrogen) atoms. The third-order valence-electron chi connectivity index (χ3n) is 4.02. The molecule has 1 heterocycles. The maximum atomic E-state index is 9.35. The Balaban J connectivity index is 2.63. The van der Waals surface area contributed by atoms with E-state index in [0.717, 1.165) is 37.4 Å². The average Bonchev–Trinajstić information content (AvgIpc) is 2.35. The van der Waals surface area contributed by atoms with Crippen LogP contribution in [0.2, 0.25) is 0 Å². The highest BCUT2D eigenvalue weighted by Crippen LogP contribution is 2.30. The Bertz CT molecular complexity index is 358. The first-order chi connectivity index (χ1) is 8.68. The molecule has 0 radical (unpaired) electrons. The van der Waals surface area contributed by atoms with Gasteiger partial charge in [0, 0.05) is 30.8 Å². The van der Waals surface area contributed by atoms with E-state index in [-0.39, 0.29) is 17.4 Å². The summed E-state index contributed by atoms with van der Waals surface area (Å²) in [5, 5.41) is 9.35. The topological polar surface area (TPSA) is 75.5 Å². The van der Waals surface area contributed by atoms with Crippen LogP contribution < -0.4 is 11.5 Å². The van der Waals surface area contributed by atoms with E-state index in [1.165, 1.54) is 0 Å². The monoisotopic (exact) mass is 267 g/mol. The summed E-state index contributed by atoms with van der Waals surface area (Å²) < 4.78 is 0. The average molecular weight is 267 g/mol. The van der Waals surface area contributed by atoms with Crippen molar-refractivity contribution in [3.63, 3.8) is 0 Å². The third-order valence-corrected chi connectivity index (χ3v) is 4.02. The fourth-order valence-corrected chi connectivity index (χ4v) is 1.99. The summed E-state index contributed by atoms with van der Waals surface area (Å²) in [5.41, 5.74) is 12.9. The number of piperidine rings is 1. The lowest BCUT2D eigenvalue weighted by molar-refractivity contribution is 0.0709. The second-order valence-corrected chi connectivity index (χ2v) is 6.92. The molecule has 0 spiro atoms. The van der Waals surface area contributed by atoms with Crippen LogP contribution in [0.25, 0.3) is 0 Å². The van der Waals surface area contributed by atoms with Crippen molar-refractivity contribution in [3.8, 4) is 0 Å². The first-order valence-electron chi connectivity index (χ1n) is 6.97. The first kappa shape index (κ1) is 15.9. The number of nitrogens with zero attached hydrogens (tertiary/aromatic N) is 1. The lowest BCUT2D eigenvalue weighted by Gasteiger charge is -2.39. The van der Waals surface area contributed by atoms with Crippen molar-refractivity contribution >= 4 is 0 Å². The largest absolute Gasteiger partial charge is 0.402 e. The smallest absolute Gasteiger partial charge is 0.0987 e. The molecule has 0 bridgehead atoms. The van der Waals surface area contributed by atoms with Crippen molar-refractivity contribution < 1.29 is 5.11 Å². The van der Waals surface area contributed by atoms with E-state index in [0.29, 0.717) is 0 Å². The van der Waals surface area contributed by atoms with Crippen LogP contribution in [0.15, 0.2) is 23.7 Å². The number of likely N-dealkylation sites (tertiary alicyclic amines) is 1. The van der Waals surface area contributed by atoms with Gasteiger partial charge < -0.3 is 21.5 Å². The molecule has 1 aliphatic rings. The van der Waals surface area contributed by atoms with Crippen molar-refractivity contribution in [2.24, 2.45) is 22.3 Å². The van der Waals surface area contributed by atoms with Gasteiger partial charge in [-0.3, -0.25) is 0 Å². The van der Waals surface area contributed by atoms with Gasteiger partial charge in [-0.25, -0.2) is 0 Å². The first-order valence-corrected chi connectivity index (χ1v) is 6.97. The molecule has 0 saturated carbocycles. The third kappa shape index (κ3) is 4.46. The summed E-state index contributed by atoms with van der Waals surface area (Å²) in [7, 11) is 0. The molecule has 0 aromatic rings. The molecule has 4 nitrogen and oxygen atoms in total. The standard InChI is InChI=1S/C15H29N3O/c1-14(2,3)12(16)5-6-13(17)18-9-7-15(4,11-19)8-10-18/h5-6,19H,7-11,16-17H2,1-4H3/b12-5-,13-6+. The van der Waals surface area contributed by atoms with Crippen LogP contribution in [0.5, 0.6) is 0 Å². The molecule has 1 aliphatic heterocycles. The Labute approximate surface area is 117 Å². The Morgan fingerprint density at radius 1 is 1.21 bits per heavy atom. The van der Waals surface area contributed by atoms with E-state index in [2.05, 4.69) is 32.6 Å². The summed E-state index contributed by atoms with van der Waals surface area (Å²) in [4.78, 5) is 2.16. The zero-order valence-corrected chi connectivity index (χ0v) is 12.7. The molecule has 1 rings (SSSR count). The van der Waals surface area contributed by atoms with E-state index < -0.39 is 0 Å². The van der Waals surface area contributed by atoms with Gasteiger partial charge in [0.25, 0.3) is 0 Å². The lowest BCUT2D eigenvalue weighted by atomic mass is 9.81. The van der Waals surface area contributed by atoms with Crippen LogP contribution in [0, 0.1) is 10.8 Å². The fraction of sp³-hybridized carbons (Fsp3) is 0.733. The summed E-state index contributed by atoms with van der Waals surface area (Å²) >= 11 is 0. The molecule has 0 amide bonds. The Morgan fingerprint density at radius 2 is 1.74 bits per heavy atom. The molecule has 0 aliphatic carbocycles. The van der Waals surface area contributed by atoms with Gasteiger partial charge in [0.15, 0.2) is 0 Å². The van der Waals surface area contributed by atoms with E-state index in [1.807, 2.05) is 12.2 Å². The van der Waals surface area contributed by atoms with E-state index >= 15 is 0 Å². The summed E-state index contributed by atoms with van der Waals surface area (Å²) in [6.07, 6.45) is 5.73. The van der Waals surface area contributed by atoms with Gasteiger partial charge in [-0.1, -0.05) is 27.7 Å². The van der Waals surface area contributed by atoms with Gasteiger partial charge >= 0.3 is 0 Å². The molecule has 0 aromatic heterocycles. The SMILES string of the molecule is CC1(CO)CCN(/C(N)=C/C=C(\N)C(C)(C)C)CC1. The molecular formula is C15H29N3O. The van der Waals surface area contributed by atoms with E-state index in [9.17, 15) is 5.11 Å². The van der Waals surface area contributed by atoms with Crippen LogP contribution in [0.3, 0.4) is 0 Å². The molecular weight excluding hydrogens is 238 g/mol. The second-order valence-electron chi connectivity index (χ2n) is 6.92. The highest BCUT2D eigenvalue weighted by atomic mass is 16.3. The van der Waals surface area contributed by atoms with Gasteiger partial charge in [-0.2, -0.15) is 0 Å². The van der Waals surface area contributed by atoms with Crippen LogP contribution in [-0.4, -0.2) is 29.7 Å². The normalized spacial score (nSPS) is 21.6. The molecule has 0 unspecified atom stereocenters. The van der Waals surface area contributed by atoms with Crippen molar-refractivity contribution in [2.75, 3.05) is 19.7 Å². The number of aliphatic hydroxyl groups is 1. The second kappa shape index (κ2) is 5.87. The minimum atomic E-state index is -0.0336. The van der Waals surface area contributed by atoms with Crippen molar-refractivity contribution in [3.05, 3.63) is 23.7 Å². The lowest BCUT2D eigenvalue weighted by Crippen LogP contribution is -2.41. The number of allylic oxidation sites excluding steroid dienone is 3. The Kier molecular flexibility index (Phi) is 4.91. The van der Waals surface area contributed by atoms with Gasteiger partial charge in [0.2, 0.25) is 0 Å². The number of hydrogen-bond acceptors (Lipinski definition) is 4. The zero-order chi connectivity index (χ0) is 14.7. The molecule has 0 atom stereocenters. The predicted molar refractivity (Wildman–Crippen MR) is 80.0 cm³/mol. The van der Waals surface area contributed by atoms with Crippen LogP contribution in [-0.2, 0) is 0 Å². The van der Waals surface area contributed by atoms with E-state index in [4.69, 9.17) is 11.5 Å². The molecule has 1 saturated heterocycles. The zero-order valence-electron chi connectivity index (χ0n) is 12.7. The van der Waals surface area contributed by atoms with Crippen LogP contribution in [0.4, 0.5) is 0 Å². The molecule has 4 heteroatoms. The highest BCUT2D eigenvalue weighted by molar-refractivity contribution is 5.18. The maximum Gasteiger partial charge on any atom is 0.0987 e. The van der Waals surface area contributed by atoms with Gasteiger partial charge in [0.05, 0.1) is 5.82 Å².